The van der Waals surface area contributed by atoms with Gasteiger partial charge in [-0.1, -0.05) is 6.92 Å². The van der Waals surface area contributed by atoms with Gasteiger partial charge < -0.3 is 14.8 Å². The van der Waals surface area contributed by atoms with E-state index < -0.39 is 0 Å². The van der Waals surface area contributed by atoms with Gasteiger partial charge in [0.25, 0.3) is 0 Å². The first-order chi connectivity index (χ1) is 8.76. The Balaban J connectivity index is 2.16. The van der Waals surface area contributed by atoms with E-state index in [-0.39, 0.29) is 6.10 Å². The number of aryl methyl sites for hydroxylation is 1. The van der Waals surface area contributed by atoms with Gasteiger partial charge in [0.2, 0.25) is 0 Å². The van der Waals surface area contributed by atoms with Crippen molar-refractivity contribution in [2.24, 2.45) is 0 Å². The fraction of sp³-hybridized carbons (Fsp3) is 0.769. The van der Waals surface area contributed by atoms with Crippen molar-refractivity contribution in [2.45, 2.75) is 39.3 Å². The highest BCUT2D eigenvalue weighted by Crippen LogP contribution is 2.10. The van der Waals surface area contributed by atoms with Crippen LogP contribution >= 0.6 is 0 Å². The molecule has 1 aromatic heterocycles. The minimum atomic E-state index is 0.145. The van der Waals surface area contributed by atoms with Crippen LogP contribution in [0, 0.1) is 0 Å². The zero-order valence-corrected chi connectivity index (χ0v) is 11.7. The summed E-state index contributed by atoms with van der Waals surface area (Å²) in [5.74, 6) is 0.842. The molecule has 0 aliphatic carbocycles. The van der Waals surface area contributed by atoms with E-state index >= 15 is 0 Å². The molecule has 18 heavy (non-hydrogen) atoms. The van der Waals surface area contributed by atoms with Gasteiger partial charge in [0.1, 0.15) is 6.10 Å². The van der Waals surface area contributed by atoms with Crippen LogP contribution in [0.4, 0.5) is 0 Å². The van der Waals surface area contributed by atoms with Gasteiger partial charge >= 0.3 is 0 Å². The number of aromatic nitrogens is 2. The van der Waals surface area contributed by atoms with Crippen LogP contribution in [0.3, 0.4) is 0 Å². The Morgan fingerprint density at radius 1 is 1.50 bits per heavy atom. The molecule has 0 aliphatic rings. The van der Waals surface area contributed by atoms with E-state index in [1.54, 1.807) is 13.3 Å². The number of rotatable bonds is 10. The second-order valence-corrected chi connectivity index (χ2v) is 4.42. The molecule has 0 spiro atoms. The Labute approximate surface area is 109 Å². The fourth-order valence-corrected chi connectivity index (χ4v) is 1.68. The molecule has 1 rings (SSSR count). The summed E-state index contributed by atoms with van der Waals surface area (Å²) in [4.78, 5) is 0. The van der Waals surface area contributed by atoms with Crippen LogP contribution in [0.2, 0.25) is 0 Å². The van der Waals surface area contributed by atoms with E-state index in [4.69, 9.17) is 9.47 Å². The third kappa shape index (κ3) is 6.02. The average Bonchev–Trinajstić information content (AvgIpc) is 2.77. The van der Waals surface area contributed by atoms with Gasteiger partial charge in [0.15, 0.2) is 5.75 Å². The molecule has 104 valence electrons. The van der Waals surface area contributed by atoms with Crippen LogP contribution < -0.4 is 10.1 Å². The summed E-state index contributed by atoms with van der Waals surface area (Å²) in [7, 11) is 1.72. The number of nitrogens with zero attached hydrogens (tertiary/aromatic N) is 2. The first-order valence-electron chi connectivity index (χ1n) is 6.65. The SMILES string of the molecule is CCCn1cc(OC(C)CNCCCOC)cn1. The molecule has 0 radical (unpaired) electrons. The maximum absolute atomic E-state index is 5.77. The molecular weight excluding hydrogens is 230 g/mol. The highest BCUT2D eigenvalue weighted by atomic mass is 16.5. The highest BCUT2D eigenvalue weighted by Gasteiger charge is 2.05. The predicted octanol–water partition coefficient (Wildman–Crippen LogP) is 1.69. The quantitative estimate of drug-likeness (QED) is 0.646. The van der Waals surface area contributed by atoms with Crippen LogP contribution in [0.1, 0.15) is 26.7 Å². The van der Waals surface area contributed by atoms with Crippen LogP contribution in [0.15, 0.2) is 12.4 Å². The molecule has 0 fully saturated rings. The molecule has 1 aromatic rings. The van der Waals surface area contributed by atoms with Crippen molar-refractivity contribution in [2.75, 3.05) is 26.8 Å². The van der Waals surface area contributed by atoms with Gasteiger partial charge in [-0.15, -0.1) is 0 Å². The minimum Gasteiger partial charge on any atom is -0.486 e. The lowest BCUT2D eigenvalue weighted by atomic mass is 10.3. The molecule has 0 bridgehead atoms. The van der Waals surface area contributed by atoms with E-state index in [2.05, 4.69) is 24.3 Å². The molecule has 0 saturated carbocycles. The van der Waals surface area contributed by atoms with Crippen LogP contribution in [-0.2, 0) is 11.3 Å². The molecule has 0 aliphatic heterocycles. The fourth-order valence-electron chi connectivity index (χ4n) is 1.68. The molecule has 1 unspecified atom stereocenters. The zero-order valence-electron chi connectivity index (χ0n) is 11.7. The van der Waals surface area contributed by atoms with Crippen LogP contribution in [-0.4, -0.2) is 42.7 Å². The smallest absolute Gasteiger partial charge is 0.157 e. The summed E-state index contributed by atoms with van der Waals surface area (Å²) < 4.78 is 12.7. The van der Waals surface area contributed by atoms with Crippen LogP contribution in [0.25, 0.3) is 0 Å². The Bertz CT molecular complexity index is 315. The van der Waals surface area contributed by atoms with Gasteiger partial charge in [-0.25, -0.2) is 0 Å². The summed E-state index contributed by atoms with van der Waals surface area (Å²) in [6, 6.07) is 0. The third-order valence-electron chi connectivity index (χ3n) is 2.53. The van der Waals surface area contributed by atoms with Gasteiger partial charge in [0, 0.05) is 26.8 Å². The zero-order chi connectivity index (χ0) is 13.2. The molecule has 0 amide bonds. The Morgan fingerprint density at radius 3 is 3.06 bits per heavy atom. The third-order valence-corrected chi connectivity index (χ3v) is 2.53. The molecular formula is C13H25N3O2. The molecule has 0 aromatic carbocycles. The summed E-state index contributed by atoms with van der Waals surface area (Å²) in [5, 5.41) is 7.57. The lowest BCUT2D eigenvalue weighted by Crippen LogP contribution is -2.29. The second-order valence-electron chi connectivity index (χ2n) is 4.42. The molecule has 1 atom stereocenters. The maximum atomic E-state index is 5.77. The van der Waals surface area contributed by atoms with Gasteiger partial charge in [-0.2, -0.15) is 5.10 Å². The number of hydrogen-bond donors (Lipinski definition) is 1. The molecule has 5 nitrogen and oxygen atoms in total. The minimum absolute atomic E-state index is 0.145. The summed E-state index contributed by atoms with van der Waals surface area (Å²) in [5.41, 5.74) is 0. The molecule has 1 heterocycles. The van der Waals surface area contributed by atoms with E-state index in [9.17, 15) is 0 Å². The lowest BCUT2D eigenvalue weighted by Gasteiger charge is -2.13. The summed E-state index contributed by atoms with van der Waals surface area (Å²) in [6.07, 6.45) is 5.98. The van der Waals surface area contributed by atoms with Crippen molar-refractivity contribution in [1.29, 1.82) is 0 Å². The van der Waals surface area contributed by atoms with E-state index in [0.29, 0.717) is 0 Å². The Morgan fingerprint density at radius 2 is 2.33 bits per heavy atom. The first kappa shape index (κ1) is 15.0. The first-order valence-corrected chi connectivity index (χ1v) is 6.65. The van der Waals surface area contributed by atoms with E-state index in [1.165, 1.54) is 0 Å². The topological polar surface area (TPSA) is 48.3 Å². The van der Waals surface area contributed by atoms with Gasteiger partial charge in [-0.3, -0.25) is 4.68 Å². The Hall–Kier alpha value is -1.07. The van der Waals surface area contributed by atoms with Crippen molar-refractivity contribution in [3.8, 4) is 5.75 Å². The highest BCUT2D eigenvalue weighted by molar-refractivity contribution is 5.12. The Kier molecular flexibility index (Phi) is 7.44. The average molecular weight is 255 g/mol. The second kappa shape index (κ2) is 8.94. The van der Waals surface area contributed by atoms with Crippen molar-refractivity contribution >= 4 is 0 Å². The van der Waals surface area contributed by atoms with Gasteiger partial charge in [0.05, 0.1) is 12.4 Å². The van der Waals surface area contributed by atoms with Crippen LogP contribution in [0.5, 0.6) is 5.75 Å². The molecule has 1 N–H and O–H groups in total. The van der Waals surface area contributed by atoms with Crippen molar-refractivity contribution < 1.29 is 9.47 Å². The monoisotopic (exact) mass is 255 g/mol. The lowest BCUT2D eigenvalue weighted by molar-refractivity contribution is 0.188. The largest absolute Gasteiger partial charge is 0.486 e. The van der Waals surface area contributed by atoms with E-state index in [0.717, 1.165) is 44.8 Å². The maximum Gasteiger partial charge on any atom is 0.157 e. The van der Waals surface area contributed by atoms with Crippen molar-refractivity contribution in [1.82, 2.24) is 15.1 Å². The van der Waals surface area contributed by atoms with Gasteiger partial charge in [-0.05, 0) is 26.3 Å². The van der Waals surface area contributed by atoms with E-state index in [1.807, 2.05) is 10.9 Å². The summed E-state index contributed by atoms with van der Waals surface area (Å²) >= 11 is 0. The predicted molar refractivity (Wildman–Crippen MR) is 72.0 cm³/mol. The summed E-state index contributed by atoms with van der Waals surface area (Å²) in [6.45, 7) is 7.72. The molecule has 5 heteroatoms. The van der Waals surface area contributed by atoms with Crippen molar-refractivity contribution in [3.63, 3.8) is 0 Å². The molecule has 0 saturated heterocycles. The number of nitrogens with one attached hydrogen (secondary N) is 1. The number of ether oxygens (including phenoxy) is 2. The van der Waals surface area contributed by atoms with Crippen molar-refractivity contribution in [3.05, 3.63) is 12.4 Å². The number of methoxy groups -OCH3 is 1. The number of hydrogen-bond acceptors (Lipinski definition) is 4. The standard InChI is InChI=1S/C13H25N3O2/c1-4-7-16-11-13(10-15-16)18-12(2)9-14-6-5-8-17-3/h10-12,14H,4-9H2,1-3H3. The normalized spacial score (nSPS) is 12.6.